The summed E-state index contributed by atoms with van der Waals surface area (Å²) in [6.07, 6.45) is 2.53. The van der Waals surface area contributed by atoms with Gasteiger partial charge in [0.2, 0.25) is 0 Å². The molecule has 2 N–H and O–H groups in total. The molecular formula is C11H15N3O. The number of nitrogens with zero attached hydrogens (tertiary/aromatic N) is 2. The number of hydrogen-bond acceptors (Lipinski definition) is 3. The highest BCUT2D eigenvalue weighted by molar-refractivity contribution is 5.82. The molecule has 0 bridgehead atoms. The van der Waals surface area contributed by atoms with Crippen LogP contribution in [0.15, 0.2) is 16.5 Å². The van der Waals surface area contributed by atoms with Crippen molar-refractivity contribution in [3.8, 4) is 0 Å². The first kappa shape index (κ1) is 8.71. The molecule has 2 aromatic rings. The van der Waals surface area contributed by atoms with E-state index in [2.05, 4.69) is 11.0 Å². The highest BCUT2D eigenvalue weighted by Gasteiger charge is 2.18. The van der Waals surface area contributed by atoms with E-state index in [0.717, 1.165) is 35.9 Å². The van der Waals surface area contributed by atoms with Gasteiger partial charge in [-0.25, -0.2) is 0 Å². The molecule has 0 aliphatic carbocycles. The molecule has 3 heterocycles. The predicted octanol–water partition coefficient (Wildman–Crippen LogP) is 1.95. The van der Waals surface area contributed by atoms with Crippen molar-refractivity contribution in [2.75, 3.05) is 23.7 Å². The molecule has 1 aliphatic heterocycles. The monoisotopic (exact) mass is 205 g/mol. The quantitative estimate of drug-likeness (QED) is 0.774. The Balaban J connectivity index is 2.06. The summed E-state index contributed by atoms with van der Waals surface area (Å²) in [7, 11) is 1.96. The number of aryl methyl sites for hydroxylation is 1. The van der Waals surface area contributed by atoms with Gasteiger partial charge in [-0.15, -0.1) is 0 Å². The maximum atomic E-state index is 5.79. The summed E-state index contributed by atoms with van der Waals surface area (Å²) in [4.78, 5) is 2.29. The first-order valence-electron chi connectivity index (χ1n) is 5.35. The molecule has 0 spiro atoms. The molecule has 15 heavy (non-hydrogen) atoms. The highest BCUT2D eigenvalue weighted by Crippen LogP contribution is 2.30. The number of fused-ring (bicyclic) bond motifs is 1. The molecule has 1 fully saturated rings. The van der Waals surface area contributed by atoms with Gasteiger partial charge >= 0.3 is 0 Å². The van der Waals surface area contributed by atoms with E-state index in [9.17, 15) is 0 Å². The molecule has 0 aromatic carbocycles. The zero-order chi connectivity index (χ0) is 10.4. The molecule has 4 nitrogen and oxygen atoms in total. The van der Waals surface area contributed by atoms with Crippen molar-refractivity contribution in [3.05, 3.63) is 12.1 Å². The van der Waals surface area contributed by atoms with Crippen molar-refractivity contribution in [1.82, 2.24) is 4.57 Å². The molecule has 1 aliphatic rings. The fourth-order valence-electron chi connectivity index (χ4n) is 2.21. The summed E-state index contributed by atoms with van der Waals surface area (Å²) >= 11 is 0. The SMILES string of the molecule is Cn1c(N)cc2oc(N3CCCC3)cc21. The number of anilines is 2. The molecule has 0 saturated carbocycles. The van der Waals surface area contributed by atoms with Gasteiger partial charge < -0.3 is 19.6 Å². The van der Waals surface area contributed by atoms with Crippen molar-refractivity contribution < 1.29 is 4.42 Å². The minimum atomic E-state index is 0.747. The third kappa shape index (κ3) is 1.21. The van der Waals surface area contributed by atoms with E-state index in [1.807, 2.05) is 17.7 Å². The Hall–Kier alpha value is -1.58. The number of furan rings is 1. The van der Waals surface area contributed by atoms with Gasteiger partial charge in [0.25, 0.3) is 0 Å². The van der Waals surface area contributed by atoms with Gasteiger partial charge in [0.15, 0.2) is 11.5 Å². The Bertz CT molecular complexity index is 491. The number of aromatic nitrogens is 1. The van der Waals surface area contributed by atoms with E-state index in [-0.39, 0.29) is 0 Å². The van der Waals surface area contributed by atoms with Gasteiger partial charge in [-0.05, 0) is 12.8 Å². The summed E-state index contributed by atoms with van der Waals surface area (Å²) in [5.41, 5.74) is 7.75. The van der Waals surface area contributed by atoms with Crippen LogP contribution in [0.2, 0.25) is 0 Å². The van der Waals surface area contributed by atoms with Crippen LogP contribution in [0.5, 0.6) is 0 Å². The van der Waals surface area contributed by atoms with Crippen LogP contribution in [0.25, 0.3) is 11.1 Å². The van der Waals surface area contributed by atoms with Crippen LogP contribution in [-0.4, -0.2) is 17.7 Å². The summed E-state index contributed by atoms with van der Waals surface area (Å²) in [6.45, 7) is 2.21. The normalized spacial score (nSPS) is 16.7. The second-order valence-electron chi connectivity index (χ2n) is 4.16. The summed E-state index contributed by atoms with van der Waals surface area (Å²) in [6, 6.07) is 3.96. The topological polar surface area (TPSA) is 47.3 Å². The third-order valence-electron chi connectivity index (χ3n) is 3.17. The lowest BCUT2D eigenvalue weighted by Crippen LogP contribution is -2.16. The Labute approximate surface area is 88.2 Å². The lowest BCUT2D eigenvalue weighted by atomic mass is 10.4. The van der Waals surface area contributed by atoms with Crippen LogP contribution in [0.3, 0.4) is 0 Å². The Kier molecular flexibility index (Phi) is 1.71. The largest absolute Gasteiger partial charge is 0.439 e. The van der Waals surface area contributed by atoms with Crippen LogP contribution < -0.4 is 10.6 Å². The Morgan fingerprint density at radius 2 is 2.00 bits per heavy atom. The van der Waals surface area contributed by atoms with Gasteiger partial charge in [-0.1, -0.05) is 0 Å². The van der Waals surface area contributed by atoms with Gasteiger partial charge in [0.05, 0.1) is 5.52 Å². The molecular weight excluding hydrogens is 190 g/mol. The van der Waals surface area contributed by atoms with Crippen LogP contribution in [0.1, 0.15) is 12.8 Å². The fourth-order valence-corrected chi connectivity index (χ4v) is 2.21. The molecule has 3 rings (SSSR count). The first-order chi connectivity index (χ1) is 7.25. The van der Waals surface area contributed by atoms with Crippen LogP contribution in [0, 0.1) is 0 Å². The lowest BCUT2D eigenvalue weighted by molar-refractivity contribution is 0.599. The maximum Gasteiger partial charge on any atom is 0.198 e. The third-order valence-corrected chi connectivity index (χ3v) is 3.17. The van der Waals surface area contributed by atoms with Gasteiger partial charge in [0.1, 0.15) is 5.82 Å². The summed E-state index contributed by atoms with van der Waals surface area (Å²) in [5, 5.41) is 0. The second-order valence-corrected chi connectivity index (χ2v) is 4.16. The molecule has 2 aromatic heterocycles. The second kappa shape index (κ2) is 2.95. The van der Waals surface area contributed by atoms with Crippen LogP contribution in [0.4, 0.5) is 11.7 Å². The van der Waals surface area contributed by atoms with Gasteiger partial charge in [-0.3, -0.25) is 0 Å². The summed E-state index contributed by atoms with van der Waals surface area (Å²) < 4.78 is 7.74. The van der Waals surface area contributed by atoms with E-state index in [4.69, 9.17) is 10.2 Å². The molecule has 0 unspecified atom stereocenters. The van der Waals surface area contributed by atoms with Gasteiger partial charge in [-0.2, -0.15) is 0 Å². The van der Waals surface area contributed by atoms with Crippen molar-refractivity contribution in [1.29, 1.82) is 0 Å². The smallest absolute Gasteiger partial charge is 0.198 e. The van der Waals surface area contributed by atoms with Gasteiger partial charge in [0, 0.05) is 32.3 Å². The summed E-state index contributed by atoms with van der Waals surface area (Å²) in [5.74, 6) is 1.73. The molecule has 0 atom stereocenters. The first-order valence-corrected chi connectivity index (χ1v) is 5.35. The average molecular weight is 205 g/mol. The Morgan fingerprint density at radius 1 is 1.27 bits per heavy atom. The van der Waals surface area contributed by atoms with Crippen LogP contribution >= 0.6 is 0 Å². The minimum Gasteiger partial charge on any atom is -0.439 e. The number of rotatable bonds is 1. The Morgan fingerprint density at radius 3 is 2.67 bits per heavy atom. The number of nitrogens with two attached hydrogens (primary N) is 1. The molecule has 1 saturated heterocycles. The van der Waals surface area contributed by atoms with E-state index in [1.54, 1.807) is 0 Å². The lowest BCUT2D eigenvalue weighted by Gasteiger charge is -2.12. The average Bonchev–Trinajstić information content (AvgIpc) is 2.86. The van der Waals surface area contributed by atoms with Crippen molar-refractivity contribution in [2.45, 2.75) is 12.8 Å². The van der Waals surface area contributed by atoms with Crippen LogP contribution in [-0.2, 0) is 7.05 Å². The van der Waals surface area contributed by atoms with Crippen molar-refractivity contribution >= 4 is 22.8 Å². The maximum absolute atomic E-state index is 5.79. The van der Waals surface area contributed by atoms with E-state index >= 15 is 0 Å². The number of nitrogen functional groups attached to an aromatic ring is 1. The molecule has 80 valence electrons. The molecule has 0 amide bonds. The fraction of sp³-hybridized carbons (Fsp3) is 0.455. The van der Waals surface area contributed by atoms with E-state index in [0.29, 0.717) is 0 Å². The highest BCUT2D eigenvalue weighted by atomic mass is 16.4. The van der Waals surface area contributed by atoms with Crippen molar-refractivity contribution in [3.63, 3.8) is 0 Å². The zero-order valence-corrected chi connectivity index (χ0v) is 8.86. The minimum absolute atomic E-state index is 0.747. The molecule has 0 radical (unpaired) electrons. The predicted molar refractivity (Wildman–Crippen MR) is 61.0 cm³/mol. The number of hydrogen-bond donors (Lipinski definition) is 1. The zero-order valence-electron chi connectivity index (χ0n) is 8.86. The molecule has 4 heteroatoms. The van der Waals surface area contributed by atoms with Crippen molar-refractivity contribution in [2.24, 2.45) is 7.05 Å². The standard InChI is InChI=1S/C11H15N3O/c1-13-8-6-11(14-4-2-3-5-14)15-9(8)7-10(13)12/h6-7H,2-5,12H2,1H3. The van der Waals surface area contributed by atoms with E-state index < -0.39 is 0 Å². The van der Waals surface area contributed by atoms with E-state index in [1.165, 1.54) is 12.8 Å².